The lowest BCUT2D eigenvalue weighted by Crippen LogP contribution is -2.24. The van der Waals surface area contributed by atoms with Crippen LogP contribution in [0.4, 0.5) is 0 Å². The average Bonchev–Trinajstić information content (AvgIpc) is 3.16. The molecule has 1 N–H and O–H groups in total. The van der Waals surface area contributed by atoms with Crippen LogP contribution < -0.4 is 5.32 Å². The minimum atomic E-state index is 0.00951. The lowest BCUT2D eigenvalue weighted by molar-refractivity contribution is -0.118. The molecule has 0 saturated heterocycles. The summed E-state index contributed by atoms with van der Waals surface area (Å²) in [6.07, 6.45) is 0. The van der Waals surface area contributed by atoms with E-state index in [-0.39, 0.29) is 11.7 Å². The van der Waals surface area contributed by atoms with Crippen molar-refractivity contribution >= 4 is 34.8 Å². The van der Waals surface area contributed by atoms with E-state index in [4.69, 9.17) is 0 Å². The Morgan fingerprint density at radius 2 is 1.58 bits per heavy atom. The molecule has 0 spiro atoms. The van der Waals surface area contributed by atoms with E-state index in [1.165, 1.54) is 16.9 Å². The van der Waals surface area contributed by atoms with Gasteiger partial charge < -0.3 is 5.32 Å². The van der Waals surface area contributed by atoms with Crippen LogP contribution in [0.3, 0.4) is 0 Å². The first-order valence-electron chi connectivity index (χ1n) is 8.29. The Balaban J connectivity index is 1.44. The summed E-state index contributed by atoms with van der Waals surface area (Å²) in [5, 5.41) is 2.92. The van der Waals surface area contributed by atoms with Crippen LogP contribution >= 0.6 is 23.1 Å². The Morgan fingerprint density at radius 1 is 0.885 bits per heavy atom. The zero-order chi connectivity index (χ0) is 18.2. The molecule has 1 amide bonds. The smallest absolute Gasteiger partial charge is 0.230 e. The lowest BCUT2D eigenvalue weighted by Gasteiger charge is -2.04. The molecule has 0 aliphatic rings. The van der Waals surface area contributed by atoms with Gasteiger partial charge in [-0.3, -0.25) is 9.59 Å². The van der Waals surface area contributed by atoms with Gasteiger partial charge >= 0.3 is 0 Å². The topological polar surface area (TPSA) is 46.2 Å². The molecular formula is C21H19NO2S2. The van der Waals surface area contributed by atoms with Gasteiger partial charge in [0, 0.05) is 16.2 Å². The molecule has 0 aliphatic carbocycles. The average molecular weight is 382 g/mol. The molecule has 1 heterocycles. The van der Waals surface area contributed by atoms with E-state index in [2.05, 4.69) is 17.4 Å². The lowest BCUT2D eigenvalue weighted by atomic mass is 10.1. The number of benzene rings is 2. The number of nitrogens with one attached hydrogen (secondary N) is 1. The van der Waals surface area contributed by atoms with E-state index in [1.807, 2.05) is 60.7 Å². The third-order valence-electron chi connectivity index (χ3n) is 3.73. The number of hydrogen-bond acceptors (Lipinski definition) is 4. The van der Waals surface area contributed by atoms with E-state index in [1.54, 1.807) is 11.8 Å². The molecule has 0 radical (unpaired) electrons. The Bertz CT molecular complexity index is 860. The van der Waals surface area contributed by atoms with Crippen molar-refractivity contribution in [3.05, 3.63) is 93.7 Å². The van der Waals surface area contributed by atoms with Gasteiger partial charge in [0.2, 0.25) is 11.7 Å². The molecule has 2 aromatic carbocycles. The SMILES string of the molecule is O=C(CSCc1ccccc1)NCc1ccc(C(=O)c2ccccc2)s1. The van der Waals surface area contributed by atoms with Gasteiger partial charge in [-0.15, -0.1) is 23.1 Å². The van der Waals surface area contributed by atoms with Gasteiger partial charge in [0.25, 0.3) is 0 Å². The summed E-state index contributed by atoms with van der Waals surface area (Å²) in [5.74, 6) is 1.28. The van der Waals surface area contributed by atoms with Crippen LogP contribution in [-0.2, 0) is 17.1 Å². The highest BCUT2D eigenvalue weighted by atomic mass is 32.2. The fraction of sp³-hybridized carbons (Fsp3) is 0.143. The third kappa shape index (κ3) is 5.31. The van der Waals surface area contributed by atoms with Crippen molar-refractivity contribution < 1.29 is 9.59 Å². The molecule has 3 rings (SSSR count). The van der Waals surface area contributed by atoms with Crippen molar-refractivity contribution in [1.82, 2.24) is 5.32 Å². The van der Waals surface area contributed by atoms with Gasteiger partial charge in [-0.1, -0.05) is 60.7 Å². The second kappa shape index (κ2) is 9.36. The third-order valence-corrected chi connectivity index (χ3v) is 5.81. The maximum absolute atomic E-state index is 12.4. The standard InChI is InChI=1S/C21H19NO2S2/c23-20(15-25-14-16-7-3-1-4-8-16)22-13-18-11-12-19(26-18)21(24)17-9-5-2-6-10-17/h1-12H,13-15H2,(H,22,23). The minimum absolute atomic E-state index is 0.00951. The highest BCUT2D eigenvalue weighted by Crippen LogP contribution is 2.20. The van der Waals surface area contributed by atoms with Crippen LogP contribution in [-0.4, -0.2) is 17.4 Å². The second-order valence-electron chi connectivity index (χ2n) is 5.72. The fourth-order valence-corrected chi connectivity index (χ4v) is 4.13. The fourth-order valence-electron chi connectivity index (χ4n) is 2.40. The number of ketones is 1. The highest BCUT2D eigenvalue weighted by Gasteiger charge is 2.12. The van der Waals surface area contributed by atoms with E-state index in [9.17, 15) is 9.59 Å². The second-order valence-corrected chi connectivity index (χ2v) is 7.87. The van der Waals surface area contributed by atoms with Crippen molar-refractivity contribution in [3.63, 3.8) is 0 Å². The Kier molecular flexibility index (Phi) is 6.63. The van der Waals surface area contributed by atoms with Crippen LogP contribution in [0.1, 0.15) is 25.7 Å². The van der Waals surface area contributed by atoms with Crippen molar-refractivity contribution in [2.75, 3.05) is 5.75 Å². The molecule has 132 valence electrons. The quantitative estimate of drug-likeness (QED) is 0.583. The largest absolute Gasteiger partial charge is 0.350 e. The predicted molar refractivity (Wildman–Crippen MR) is 109 cm³/mol. The maximum atomic E-state index is 12.4. The number of carbonyl (C=O) groups excluding carboxylic acids is 2. The van der Waals surface area contributed by atoms with E-state index >= 15 is 0 Å². The first-order chi connectivity index (χ1) is 12.7. The molecule has 3 nitrogen and oxygen atoms in total. The van der Waals surface area contributed by atoms with E-state index in [0.717, 1.165) is 10.6 Å². The number of carbonyl (C=O) groups is 2. The van der Waals surface area contributed by atoms with Gasteiger partial charge in [-0.25, -0.2) is 0 Å². The van der Waals surface area contributed by atoms with Crippen LogP contribution in [0, 0.1) is 0 Å². The molecule has 0 aliphatic heterocycles. The molecule has 1 aromatic heterocycles. The van der Waals surface area contributed by atoms with Gasteiger partial charge in [0.15, 0.2) is 0 Å². The number of hydrogen-bond donors (Lipinski definition) is 1. The number of thioether (sulfide) groups is 1. The summed E-state index contributed by atoms with van der Waals surface area (Å²) in [6.45, 7) is 0.456. The normalized spacial score (nSPS) is 10.5. The summed E-state index contributed by atoms with van der Waals surface area (Å²) in [5.41, 5.74) is 1.90. The number of rotatable bonds is 8. The van der Waals surface area contributed by atoms with Crippen molar-refractivity contribution in [2.24, 2.45) is 0 Å². The van der Waals surface area contributed by atoms with E-state index in [0.29, 0.717) is 22.7 Å². The summed E-state index contributed by atoms with van der Waals surface area (Å²) >= 11 is 3.02. The van der Waals surface area contributed by atoms with Gasteiger partial charge in [0.05, 0.1) is 17.2 Å². The maximum Gasteiger partial charge on any atom is 0.230 e. The van der Waals surface area contributed by atoms with Crippen molar-refractivity contribution in [2.45, 2.75) is 12.3 Å². The number of thiophene rings is 1. The van der Waals surface area contributed by atoms with Gasteiger partial charge in [-0.2, -0.15) is 0 Å². The highest BCUT2D eigenvalue weighted by molar-refractivity contribution is 7.99. The van der Waals surface area contributed by atoms with Gasteiger partial charge in [0.1, 0.15) is 0 Å². The molecule has 0 atom stereocenters. The molecule has 0 unspecified atom stereocenters. The summed E-state index contributed by atoms with van der Waals surface area (Å²) in [7, 11) is 0. The Labute approximate surface area is 161 Å². The minimum Gasteiger partial charge on any atom is -0.350 e. The Morgan fingerprint density at radius 3 is 2.31 bits per heavy atom. The van der Waals surface area contributed by atoms with Crippen LogP contribution in [0.15, 0.2) is 72.8 Å². The summed E-state index contributed by atoms with van der Waals surface area (Å²) < 4.78 is 0. The van der Waals surface area contributed by atoms with Gasteiger partial charge in [-0.05, 0) is 17.7 Å². The zero-order valence-electron chi connectivity index (χ0n) is 14.2. The summed E-state index contributed by atoms with van der Waals surface area (Å²) in [4.78, 5) is 26.0. The Hall–Kier alpha value is -2.37. The molecule has 0 fully saturated rings. The van der Waals surface area contributed by atoms with Crippen molar-refractivity contribution in [1.29, 1.82) is 0 Å². The van der Waals surface area contributed by atoms with E-state index < -0.39 is 0 Å². The molecule has 5 heteroatoms. The molecule has 3 aromatic rings. The first-order valence-corrected chi connectivity index (χ1v) is 10.3. The first kappa shape index (κ1) is 18.4. The molecule has 0 bridgehead atoms. The molecule has 26 heavy (non-hydrogen) atoms. The number of amides is 1. The summed E-state index contributed by atoms with van der Waals surface area (Å²) in [6, 6.07) is 23.1. The molecular weight excluding hydrogens is 362 g/mol. The monoisotopic (exact) mass is 381 g/mol. The predicted octanol–water partition coefficient (Wildman–Crippen LogP) is 4.53. The molecule has 0 saturated carbocycles. The van der Waals surface area contributed by atoms with Crippen LogP contribution in [0.25, 0.3) is 0 Å². The van der Waals surface area contributed by atoms with Crippen LogP contribution in [0.5, 0.6) is 0 Å². The van der Waals surface area contributed by atoms with Crippen LogP contribution in [0.2, 0.25) is 0 Å². The zero-order valence-corrected chi connectivity index (χ0v) is 15.8. The van der Waals surface area contributed by atoms with Crippen molar-refractivity contribution in [3.8, 4) is 0 Å².